The van der Waals surface area contributed by atoms with Crippen LogP contribution in [0.3, 0.4) is 0 Å². The van der Waals surface area contributed by atoms with E-state index in [1.54, 1.807) is 0 Å². The molecule has 4 N–H and O–H groups in total. The average molecular weight is 276 g/mol. The molecule has 0 aliphatic heterocycles. The van der Waals surface area contributed by atoms with Crippen LogP contribution in [0.1, 0.15) is 16.2 Å². The van der Waals surface area contributed by atoms with Gasteiger partial charge in [0.05, 0.1) is 6.33 Å². The Balaban J connectivity index is 2.10. The maximum Gasteiger partial charge on any atom is 0.326 e. The minimum Gasteiger partial charge on any atom is -0.505 e. The highest BCUT2D eigenvalue weighted by Crippen LogP contribution is 2.12. The minimum absolute atomic E-state index is 0.0503. The minimum atomic E-state index is -1.19. The third kappa shape index (κ3) is 3.10. The highest BCUT2D eigenvalue weighted by molar-refractivity contribution is 5.97. The van der Waals surface area contributed by atoms with E-state index in [2.05, 4.69) is 20.3 Å². The summed E-state index contributed by atoms with van der Waals surface area (Å²) in [5.41, 5.74) is 0.353. The second-order valence-corrected chi connectivity index (χ2v) is 4.02. The molecule has 0 fully saturated rings. The van der Waals surface area contributed by atoms with E-state index in [9.17, 15) is 14.7 Å². The first kappa shape index (κ1) is 13.5. The van der Waals surface area contributed by atoms with Gasteiger partial charge in [0.25, 0.3) is 5.91 Å². The quantitative estimate of drug-likeness (QED) is 0.605. The Hall–Kier alpha value is -2.90. The number of aromatic nitrogens is 3. The lowest BCUT2D eigenvalue weighted by atomic mass is 10.1. The molecule has 2 heterocycles. The lowest BCUT2D eigenvalue weighted by Gasteiger charge is -2.13. The van der Waals surface area contributed by atoms with Gasteiger partial charge < -0.3 is 20.5 Å². The summed E-state index contributed by atoms with van der Waals surface area (Å²) in [6.07, 6.45) is 4.27. The van der Waals surface area contributed by atoms with Crippen molar-refractivity contribution in [2.75, 3.05) is 0 Å². The number of hydrogen-bond donors (Lipinski definition) is 4. The van der Waals surface area contributed by atoms with E-state index in [0.29, 0.717) is 5.69 Å². The van der Waals surface area contributed by atoms with Gasteiger partial charge in [-0.15, -0.1) is 0 Å². The molecule has 0 unspecified atom stereocenters. The molecule has 2 aromatic rings. The number of H-pyrrole nitrogens is 1. The zero-order chi connectivity index (χ0) is 14.5. The molecule has 1 amide bonds. The summed E-state index contributed by atoms with van der Waals surface area (Å²) >= 11 is 0. The van der Waals surface area contributed by atoms with Crippen molar-refractivity contribution in [2.45, 2.75) is 12.5 Å². The number of carbonyl (C=O) groups excluding carboxylic acids is 1. The molecule has 8 nitrogen and oxygen atoms in total. The van der Waals surface area contributed by atoms with Gasteiger partial charge >= 0.3 is 5.97 Å². The normalized spacial score (nSPS) is 11.8. The summed E-state index contributed by atoms with van der Waals surface area (Å²) in [6.45, 7) is 0. The highest BCUT2D eigenvalue weighted by atomic mass is 16.4. The first-order chi connectivity index (χ1) is 9.58. The van der Waals surface area contributed by atoms with Crippen molar-refractivity contribution in [1.29, 1.82) is 0 Å². The van der Waals surface area contributed by atoms with Crippen LogP contribution in [0.4, 0.5) is 0 Å². The number of amides is 1. The summed E-state index contributed by atoms with van der Waals surface area (Å²) in [7, 11) is 0. The Morgan fingerprint density at radius 2 is 2.25 bits per heavy atom. The Labute approximate surface area is 113 Å². The molecule has 0 saturated carbocycles. The van der Waals surface area contributed by atoms with E-state index in [1.165, 1.54) is 30.9 Å². The maximum atomic E-state index is 11.9. The van der Waals surface area contributed by atoms with Crippen LogP contribution in [0.2, 0.25) is 0 Å². The van der Waals surface area contributed by atoms with Gasteiger partial charge in [0.1, 0.15) is 11.8 Å². The van der Waals surface area contributed by atoms with Crippen molar-refractivity contribution in [3.8, 4) is 5.75 Å². The van der Waals surface area contributed by atoms with E-state index in [1.807, 2.05) is 0 Å². The Bertz CT molecular complexity index is 612. The third-order valence-corrected chi connectivity index (χ3v) is 2.58. The van der Waals surface area contributed by atoms with Gasteiger partial charge in [0, 0.05) is 24.5 Å². The summed E-state index contributed by atoms with van der Waals surface area (Å²) in [5, 5.41) is 20.9. The molecule has 0 aliphatic carbocycles. The molecule has 0 spiro atoms. The molecule has 104 valence electrons. The van der Waals surface area contributed by atoms with Crippen molar-refractivity contribution in [3.05, 3.63) is 42.2 Å². The van der Waals surface area contributed by atoms with Crippen molar-refractivity contribution in [1.82, 2.24) is 20.3 Å². The molecule has 8 heteroatoms. The van der Waals surface area contributed by atoms with E-state index in [4.69, 9.17) is 5.11 Å². The van der Waals surface area contributed by atoms with Gasteiger partial charge in [-0.25, -0.2) is 14.8 Å². The van der Waals surface area contributed by atoms with Gasteiger partial charge in [-0.1, -0.05) is 0 Å². The summed E-state index contributed by atoms with van der Waals surface area (Å²) in [6, 6.07) is 1.61. The Kier molecular flexibility index (Phi) is 3.94. The number of pyridine rings is 1. The van der Waals surface area contributed by atoms with Crippen LogP contribution >= 0.6 is 0 Å². The number of aliphatic carboxylic acids is 1. The molecule has 2 aromatic heterocycles. The summed E-state index contributed by atoms with van der Waals surface area (Å²) in [5.74, 6) is -2.26. The van der Waals surface area contributed by atoms with Crippen LogP contribution in [0.25, 0.3) is 0 Å². The van der Waals surface area contributed by atoms with Gasteiger partial charge in [-0.2, -0.15) is 0 Å². The van der Waals surface area contributed by atoms with Crippen LogP contribution < -0.4 is 5.32 Å². The average Bonchev–Trinajstić information content (AvgIpc) is 2.91. The fraction of sp³-hybridized carbons (Fsp3) is 0.167. The standard InChI is InChI=1S/C12H12N4O4/c17-9-2-1-3-14-10(9)11(18)16-8(12(19)20)4-7-5-13-6-15-7/h1-3,5-6,8,17H,4H2,(H,13,15)(H,16,18)(H,19,20)/t8-/m1/s1. The first-order valence-corrected chi connectivity index (χ1v) is 5.73. The predicted molar refractivity (Wildman–Crippen MR) is 67.1 cm³/mol. The number of hydrogen-bond acceptors (Lipinski definition) is 5. The van der Waals surface area contributed by atoms with Crippen molar-refractivity contribution >= 4 is 11.9 Å². The lowest BCUT2D eigenvalue weighted by Crippen LogP contribution is -2.42. The number of imidazole rings is 1. The van der Waals surface area contributed by atoms with Crippen LogP contribution in [-0.2, 0) is 11.2 Å². The van der Waals surface area contributed by atoms with Crippen molar-refractivity contribution < 1.29 is 19.8 Å². The molecule has 0 aliphatic rings. The van der Waals surface area contributed by atoms with Crippen LogP contribution in [0.15, 0.2) is 30.9 Å². The summed E-state index contributed by atoms with van der Waals surface area (Å²) in [4.78, 5) is 33.3. The van der Waals surface area contributed by atoms with Crippen LogP contribution in [0, 0.1) is 0 Å². The van der Waals surface area contributed by atoms with E-state index >= 15 is 0 Å². The predicted octanol–water partition coefficient (Wildman–Crippen LogP) is -0.0640. The maximum absolute atomic E-state index is 11.9. The van der Waals surface area contributed by atoms with Gasteiger partial charge in [0.15, 0.2) is 5.69 Å². The molecule has 1 atom stereocenters. The lowest BCUT2D eigenvalue weighted by molar-refractivity contribution is -0.139. The number of aromatic amines is 1. The molecule has 20 heavy (non-hydrogen) atoms. The molecule has 0 saturated heterocycles. The fourth-order valence-electron chi connectivity index (χ4n) is 1.61. The van der Waals surface area contributed by atoms with Gasteiger partial charge in [-0.3, -0.25) is 4.79 Å². The smallest absolute Gasteiger partial charge is 0.326 e. The second kappa shape index (κ2) is 5.83. The second-order valence-electron chi connectivity index (χ2n) is 4.02. The third-order valence-electron chi connectivity index (χ3n) is 2.58. The molecular weight excluding hydrogens is 264 g/mol. The van der Waals surface area contributed by atoms with Gasteiger partial charge in [0.2, 0.25) is 0 Å². The molecule has 0 bridgehead atoms. The zero-order valence-corrected chi connectivity index (χ0v) is 10.3. The number of rotatable bonds is 5. The number of carbonyl (C=O) groups is 2. The number of aromatic hydroxyl groups is 1. The van der Waals surface area contributed by atoms with Crippen molar-refractivity contribution in [3.63, 3.8) is 0 Å². The van der Waals surface area contributed by atoms with E-state index < -0.39 is 17.9 Å². The van der Waals surface area contributed by atoms with E-state index in [-0.39, 0.29) is 17.9 Å². The topological polar surface area (TPSA) is 128 Å². The van der Waals surface area contributed by atoms with Gasteiger partial charge in [-0.05, 0) is 12.1 Å². The fourth-order valence-corrected chi connectivity index (χ4v) is 1.61. The number of nitrogens with zero attached hydrogens (tertiary/aromatic N) is 2. The molecule has 2 rings (SSSR count). The number of nitrogens with one attached hydrogen (secondary N) is 2. The van der Waals surface area contributed by atoms with E-state index in [0.717, 1.165) is 0 Å². The zero-order valence-electron chi connectivity index (χ0n) is 10.3. The first-order valence-electron chi connectivity index (χ1n) is 5.73. The Morgan fingerprint density at radius 3 is 2.85 bits per heavy atom. The highest BCUT2D eigenvalue weighted by Gasteiger charge is 2.23. The number of carboxylic acid groups (broad SMARTS) is 1. The Morgan fingerprint density at radius 1 is 1.45 bits per heavy atom. The molecular formula is C12H12N4O4. The molecule has 0 radical (unpaired) electrons. The van der Waals surface area contributed by atoms with Crippen molar-refractivity contribution in [2.24, 2.45) is 0 Å². The number of carboxylic acids is 1. The SMILES string of the molecule is O=C(N[C@H](Cc1cnc[nH]1)C(=O)O)c1ncccc1O. The summed E-state index contributed by atoms with van der Waals surface area (Å²) < 4.78 is 0. The van der Waals surface area contributed by atoms with Crippen LogP contribution in [-0.4, -0.2) is 43.1 Å². The van der Waals surface area contributed by atoms with Crippen LogP contribution in [0.5, 0.6) is 5.75 Å². The largest absolute Gasteiger partial charge is 0.505 e. The molecule has 0 aromatic carbocycles. The monoisotopic (exact) mass is 276 g/mol.